The Hall–Kier alpha value is -2.49. The van der Waals surface area contributed by atoms with E-state index in [4.69, 9.17) is 9.47 Å². The zero-order valence-electron chi connectivity index (χ0n) is 15.2. The van der Waals surface area contributed by atoms with Gasteiger partial charge in [-0.3, -0.25) is 4.79 Å². The Bertz CT molecular complexity index is 778. The van der Waals surface area contributed by atoms with Gasteiger partial charge in [0.25, 0.3) is 5.91 Å². The van der Waals surface area contributed by atoms with Crippen LogP contribution < -0.4 is 9.47 Å². The smallest absolute Gasteiger partial charge is 0.253 e. The molecule has 0 bridgehead atoms. The fraction of sp³-hybridized carbons (Fsp3) is 0.409. The number of fused-ring (bicyclic) bond motifs is 1. The molecule has 0 atom stereocenters. The van der Waals surface area contributed by atoms with E-state index in [-0.39, 0.29) is 12.7 Å². The van der Waals surface area contributed by atoms with Gasteiger partial charge >= 0.3 is 0 Å². The summed E-state index contributed by atoms with van der Waals surface area (Å²) in [5.74, 6) is 2.22. The SMILES string of the molecule is CN(Cc1ccc2c(c1)OCO2)C(=O)c1ccc(C2CCCCC2)cc1. The maximum Gasteiger partial charge on any atom is 0.253 e. The Morgan fingerprint density at radius 3 is 2.50 bits per heavy atom. The number of carbonyl (C=O) groups excluding carboxylic acids is 1. The molecule has 2 aromatic carbocycles. The van der Waals surface area contributed by atoms with Crippen molar-refractivity contribution in [1.82, 2.24) is 4.90 Å². The Labute approximate surface area is 154 Å². The highest BCUT2D eigenvalue weighted by Crippen LogP contribution is 2.34. The molecule has 4 rings (SSSR count). The molecule has 2 aromatic rings. The van der Waals surface area contributed by atoms with Crippen molar-refractivity contribution in [3.05, 3.63) is 59.2 Å². The van der Waals surface area contributed by atoms with E-state index in [0.717, 1.165) is 22.6 Å². The van der Waals surface area contributed by atoms with Gasteiger partial charge in [-0.25, -0.2) is 0 Å². The van der Waals surface area contributed by atoms with Gasteiger partial charge in [-0.05, 0) is 54.2 Å². The summed E-state index contributed by atoms with van der Waals surface area (Å²) in [4.78, 5) is 14.5. The molecule has 1 aliphatic carbocycles. The molecule has 2 aliphatic rings. The van der Waals surface area contributed by atoms with Crippen LogP contribution in [0.1, 0.15) is 59.5 Å². The maximum absolute atomic E-state index is 12.7. The third-order valence-corrected chi connectivity index (χ3v) is 5.44. The summed E-state index contributed by atoms with van der Waals surface area (Å²) in [5.41, 5.74) is 3.15. The lowest BCUT2D eigenvalue weighted by Gasteiger charge is -2.22. The first kappa shape index (κ1) is 17.0. The lowest BCUT2D eigenvalue weighted by molar-refractivity contribution is 0.0785. The van der Waals surface area contributed by atoms with E-state index in [9.17, 15) is 4.79 Å². The summed E-state index contributed by atoms with van der Waals surface area (Å²) in [6, 6.07) is 14.0. The molecule has 4 heteroatoms. The van der Waals surface area contributed by atoms with E-state index in [1.165, 1.54) is 37.7 Å². The van der Waals surface area contributed by atoms with Gasteiger partial charge in [-0.2, -0.15) is 0 Å². The molecule has 136 valence electrons. The normalized spacial score (nSPS) is 16.5. The minimum Gasteiger partial charge on any atom is -0.454 e. The van der Waals surface area contributed by atoms with Crippen molar-refractivity contribution in [2.24, 2.45) is 0 Å². The number of rotatable bonds is 4. The minimum atomic E-state index is 0.0397. The number of hydrogen-bond donors (Lipinski definition) is 0. The first-order valence-electron chi connectivity index (χ1n) is 9.44. The molecule has 1 aliphatic heterocycles. The topological polar surface area (TPSA) is 38.8 Å². The molecule has 0 saturated heterocycles. The van der Waals surface area contributed by atoms with Gasteiger partial charge in [-0.1, -0.05) is 37.5 Å². The lowest BCUT2D eigenvalue weighted by atomic mass is 9.84. The van der Waals surface area contributed by atoms with Gasteiger partial charge in [0.1, 0.15) is 0 Å². The molecule has 0 N–H and O–H groups in total. The largest absolute Gasteiger partial charge is 0.454 e. The van der Waals surface area contributed by atoms with Crippen LogP contribution in [-0.2, 0) is 6.54 Å². The van der Waals surface area contributed by atoms with Crippen molar-refractivity contribution in [3.63, 3.8) is 0 Å². The van der Waals surface area contributed by atoms with Gasteiger partial charge in [0, 0.05) is 19.2 Å². The molecule has 0 spiro atoms. The van der Waals surface area contributed by atoms with E-state index in [2.05, 4.69) is 12.1 Å². The zero-order chi connectivity index (χ0) is 17.9. The number of ether oxygens (including phenoxy) is 2. The van der Waals surface area contributed by atoms with Gasteiger partial charge in [-0.15, -0.1) is 0 Å². The van der Waals surface area contributed by atoms with Gasteiger partial charge in [0.2, 0.25) is 6.79 Å². The van der Waals surface area contributed by atoms with Crippen LogP contribution in [0.5, 0.6) is 11.5 Å². The van der Waals surface area contributed by atoms with E-state index >= 15 is 0 Å². The van der Waals surface area contributed by atoms with Crippen molar-refractivity contribution in [3.8, 4) is 11.5 Å². The van der Waals surface area contributed by atoms with Gasteiger partial charge in [0.05, 0.1) is 0 Å². The van der Waals surface area contributed by atoms with Gasteiger partial charge in [0.15, 0.2) is 11.5 Å². The number of carbonyl (C=O) groups is 1. The second-order valence-electron chi connectivity index (χ2n) is 7.31. The number of hydrogen-bond acceptors (Lipinski definition) is 3. The summed E-state index contributed by atoms with van der Waals surface area (Å²) < 4.78 is 10.7. The van der Waals surface area contributed by atoms with Crippen molar-refractivity contribution in [2.75, 3.05) is 13.8 Å². The zero-order valence-corrected chi connectivity index (χ0v) is 15.2. The van der Waals surface area contributed by atoms with Crippen LogP contribution in [-0.4, -0.2) is 24.6 Å². The van der Waals surface area contributed by atoms with Crippen molar-refractivity contribution in [2.45, 2.75) is 44.6 Å². The molecule has 1 heterocycles. The first-order chi connectivity index (χ1) is 12.7. The van der Waals surface area contributed by atoms with Crippen LogP contribution in [0.2, 0.25) is 0 Å². The van der Waals surface area contributed by atoms with Crippen molar-refractivity contribution >= 4 is 5.91 Å². The Morgan fingerprint density at radius 2 is 1.73 bits per heavy atom. The highest BCUT2D eigenvalue weighted by Gasteiger charge is 2.18. The molecule has 4 nitrogen and oxygen atoms in total. The predicted molar refractivity (Wildman–Crippen MR) is 101 cm³/mol. The van der Waals surface area contributed by atoms with Crippen LogP contribution in [0.25, 0.3) is 0 Å². The van der Waals surface area contributed by atoms with Crippen molar-refractivity contribution < 1.29 is 14.3 Å². The molecule has 0 aromatic heterocycles. The van der Waals surface area contributed by atoms with Crippen LogP contribution in [0.15, 0.2) is 42.5 Å². The van der Waals surface area contributed by atoms with E-state index in [0.29, 0.717) is 12.5 Å². The average molecular weight is 351 g/mol. The molecule has 26 heavy (non-hydrogen) atoms. The second kappa shape index (κ2) is 7.40. The molecular weight excluding hydrogens is 326 g/mol. The molecule has 0 unspecified atom stereocenters. The predicted octanol–water partition coefficient (Wildman–Crippen LogP) is 4.74. The molecular formula is C22H25NO3. The fourth-order valence-electron chi connectivity index (χ4n) is 3.94. The van der Waals surface area contributed by atoms with E-state index in [1.807, 2.05) is 37.4 Å². The number of nitrogens with zero attached hydrogens (tertiary/aromatic N) is 1. The molecule has 1 saturated carbocycles. The van der Waals surface area contributed by atoms with Gasteiger partial charge < -0.3 is 14.4 Å². The van der Waals surface area contributed by atoms with E-state index in [1.54, 1.807) is 4.90 Å². The summed E-state index contributed by atoms with van der Waals surface area (Å²) in [6.45, 7) is 0.806. The number of benzene rings is 2. The van der Waals surface area contributed by atoms with Crippen LogP contribution in [0.3, 0.4) is 0 Å². The average Bonchev–Trinajstić information content (AvgIpc) is 3.16. The second-order valence-corrected chi connectivity index (χ2v) is 7.31. The highest BCUT2D eigenvalue weighted by atomic mass is 16.7. The Balaban J connectivity index is 1.41. The molecule has 1 fully saturated rings. The number of amides is 1. The van der Waals surface area contributed by atoms with Crippen LogP contribution >= 0.6 is 0 Å². The highest BCUT2D eigenvalue weighted by molar-refractivity contribution is 5.94. The van der Waals surface area contributed by atoms with Crippen LogP contribution in [0, 0.1) is 0 Å². The third-order valence-electron chi connectivity index (χ3n) is 5.44. The first-order valence-corrected chi connectivity index (χ1v) is 9.44. The maximum atomic E-state index is 12.7. The molecule has 0 radical (unpaired) electrons. The lowest BCUT2D eigenvalue weighted by Crippen LogP contribution is -2.26. The van der Waals surface area contributed by atoms with Crippen molar-refractivity contribution in [1.29, 1.82) is 0 Å². The summed E-state index contributed by atoms with van der Waals surface area (Å²) in [7, 11) is 1.84. The van der Waals surface area contributed by atoms with Crippen LogP contribution in [0.4, 0.5) is 0 Å². The quantitative estimate of drug-likeness (QED) is 0.799. The third kappa shape index (κ3) is 3.55. The monoisotopic (exact) mass is 351 g/mol. The van der Waals surface area contributed by atoms with E-state index < -0.39 is 0 Å². The Morgan fingerprint density at radius 1 is 1.00 bits per heavy atom. The Kier molecular flexibility index (Phi) is 4.83. The summed E-state index contributed by atoms with van der Waals surface area (Å²) >= 11 is 0. The summed E-state index contributed by atoms with van der Waals surface area (Å²) in [5, 5.41) is 0. The summed E-state index contributed by atoms with van der Waals surface area (Å²) in [6.07, 6.45) is 6.56. The molecule has 1 amide bonds. The minimum absolute atomic E-state index is 0.0397. The standard InChI is InChI=1S/C22H25NO3/c1-23(14-16-7-12-20-21(13-16)26-15-25-20)22(24)19-10-8-18(9-11-19)17-5-3-2-4-6-17/h7-13,17H,2-6,14-15H2,1H3. The fourth-order valence-corrected chi connectivity index (χ4v) is 3.94.